The van der Waals surface area contributed by atoms with Gasteiger partial charge in [-0.05, 0) is 36.5 Å². The van der Waals surface area contributed by atoms with Gasteiger partial charge in [-0.2, -0.15) is 0 Å². The molecule has 0 aliphatic carbocycles. The Morgan fingerprint density at radius 2 is 1.94 bits per heavy atom. The summed E-state index contributed by atoms with van der Waals surface area (Å²) in [4.78, 5) is 0. The van der Waals surface area contributed by atoms with Crippen molar-refractivity contribution >= 4 is 0 Å². The number of hydrogen-bond acceptors (Lipinski definition) is 2. The monoisotopic (exact) mass is 221 g/mol. The molecule has 2 nitrogen and oxygen atoms in total. The molecule has 2 unspecified atom stereocenters. The molecule has 1 aromatic carbocycles. The first kappa shape index (κ1) is 13.0. The number of hydrogen-bond donors (Lipinski definition) is 1. The van der Waals surface area contributed by atoms with Gasteiger partial charge in [0, 0.05) is 6.04 Å². The summed E-state index contributed by atoms with van der Waals surface area (Å²) in [6, 6.07) is 8.19. The lowest BCUT2D eigenvalue weighted by atomic mass is 9.87. The van der Waals surface area contributed by atoms with Gasteiger partial charge in [0.15, 0.2) is 0 Å². The number of ether oxygens (including phenoxy) is 1. The van der Waals surface area contributed by atoms with Crippen LogP contribution in [0.15, 0.2) is 24.3 Å². The zero-order chi connectivity index (χ0) is 12.1. The van der Waals surface area contributed by atoms with Gasteiger partial charge in [0.25, 0.3) is 0 Å². The summed E-state index contributed by atoms with van der Waals surface area (Å²) in [5.74, 6) is 1.97. The molecule has 0 radical (unpaired) electrons. The summed E-state index contributed by atoms with van der Waals surface area (Å²) in [6.07, 6.45) is 0. The number of nitrogens with two attached hydrogens (primary N) is 1. The molecule has 0 bridgehead atoms. The lowest BCUT2D eigenvalue weighted by molar-refractivity contribution is 0.334. The van der Waals surface area contributed by atoms with E-state index in [1.54, 1.807) is 0 Å². The molecular formula is C14H23NO. The molecule has 0 saturated heterocycles. The van der Waals surface area contributed by atoms with Crippen molar-refractivity contribution in [3.63, 3.8) is 0 Å². The van der Waals surface area contributed by atoms with Crippen LogP contribution in [0.2, 0.25) is 0 Å². The van der Waals surface area contributed by atoms with E-state index < -0.39 is 0 Å². The molecule has 1 rings (SSSR count). The minimum atomic E-state index is 0.0837. The van der Waals surface area contributed by atoms with Crippen molar-refractivity contribution in [2.45, 2.75) is 33.7 Å². The van der Waals surface area contributed by atoms with Gasteiger partial charge in [-0.15, -0.1) is 0 Å². The zero-order valence-electron chi connectivity index (χ0n) is 10.7. The van der Waals surface area contributed by atoms with E-state index in [2.05, 4.69) is 26.8 Å². The predicted octanol–water partition coefficient (Wildman–Crippen LogP) is 3.38. The highest BCUT2D eigenvalue weighted by Crippen LogP contribution is 2.27. The largest absolute Gasteiger partial charge is 0.494 e. The van der Waals surface area contributed by atoms with Gasteiger partial charge in [0.05, 0.1) is 6.61 Å². The summed E-state index contributed by atoms with van der Waals surface area (Å²) < 4.78 is 5.48. The highest BCUT2D eigenvalue weighted by atomic mass is 16.5. The van der Waals surface area contributed by atoms with Crippen LogP contribution in [0.1, 0.15) is 39.3 Å². The van der Waals surface area contributed by atoms with Gasteiger partial charge in [0.1, 0.15) is 5.75 Å². The molecule has 0 saturated carbocycles. The van der Waals surface area contributed by atoms with E-state index in [0.717, 1.165) is 11.3 Å². The fourth-order valence-electron chi connectivity index (χ4n) is 1.70. The standard InChI is InChI=1S/C14H23NO/c1-5-16-13-8-6-7-12(9-13)14(15)11(4)10(2)3/h6-11,14H,5,15H2,1-4H3. The van der Waals surface area contributed by atoms with Crippen LogP contribution in [0, 0.1) is 11.8 Å². The third-order valence-corrected chi connectivity index (χ3v) is 3.17. The molecule has 2 atom stereocenters. The third-order valence-electron chi connectivity index (χ3n) is 3.17. The highest BCUT2D eigenvalue weighted by Gasteiger charge is 2.18. The summed E-state index contributed by atoms with van der Waals surface area (Å²) in [7, 11) is 0. The van der Waals surface area contributed by atoms with Gasteiger partial charge >= 0.3 is 0 Å². The molecule has 2 N–H and O–H groups in total. The van der Waals surface area contributed by atoms with Gasteiger partial charge in [-0.25, -0.2) is 0 Å². The zero-order valence-corrected chi connectivity index (χ0v) is 10.7. The molecule has 0 aliphatic rings. The fourth-order valence-corrected chi connectivity index (χ4v) is 1.70. The van der Waals surface area contributed by atoms with E-state index >= 15 is 0 Å². The maximum atomic E-state index is 6.25. The van der Waals surface area contributed by atoms with Crippen LogP contribution in [0.25, 0.3) is 0 Å². The Kier molecular flexibility index (Phi) is 4.81. The van der Waals surface area contributed by atoms with Crippen molar-refractivity contribution in [1.29, 1.82) is 0 Å². The molecule has 0 aromatic heterocycles. The van der Waals surface area contributed by atoms with Gasteiger partial charge in [-0.1, -0.05) is 32.9 Å². The molecule has 16 heavy (non-hydrogen) atoms. The van der Waals surface area contributed by atoms with E-state index in [0.29, 0.717) is 18.4 Å². The average Bonchev–Trinajstić information content (AvgIpc) is 2.28. The second-order valence-corrected chi connectivity index (χ2v) is 4.63. The Bertz CT molecular complexity index is 322. The third kappa shape index (κ3) is 3.24. The SMILES string of the molecule is CCOc1cccc(C(N)C(C)C(C)C)c1. The van der Waals surface area contributed by atoms with E-state index in [-0.39, 0.29) is 6.04 Å². The van der Waals surface area contributed by atoms with Crippen LogP contribution in [0.5, 0.6) is 5.75 Å². The fraction of sp³-hybridized carbons (Fsp3) is 0.571. The predicted molar refractivity (Wildman–Crippen MR) is 68.5 cm³/mol. The van der Waals surface area contributed by atoms with Crippen molar-refractivity contribution in [3.05, 3.63) is 29.8 Å². The Labute approximate surface area is 98.8 Å². The first-order chi connectivity index (χ1) is 7.56. The van der Waals surface area contributed by atoms with Crippen molar-refractivity contribution in [2.75, 3.05) is 6.61 Å². The molecule has 0 amide bonds. The minimum absolute atomic E-state index is 0.0837. The Hall–Kier alpha value is -1.02. The van der Waals surface area contributed by atoms with Crippen LogP contribution in [0.4, 0.5) is 0 Å². The summed E-state index contributed by atoms with van der Waals surface area (Å²) >= 11 is 0. The lowest BCUT2D eigenvalue weighted by Gasteiger charge is -2.24. The maximum absolute atomic E-state index is 6.25. The van der Waals surface area contributed by atoms with Crippen LogP contribution in [-0.2, 0) is 0 Å². The molecule has 0 heterocycles. The van der Waals surface area contributed by atoms with E-state index in [4.69, 9.17) is 10.5 Å². The number of rotatable bonds is 5. The van der Waals surface area contributed by atoms with Crippen molar-refractivity contribution in [3.8, 4) is 5.75 Å². The summed E-state index contributed by atoms with van der Waals surface area (Å²) in [6.45, 7) is 9.29. The smallest absolute Gasteiger partial charge is 0.119 e. The molecule has 0 spiro atoms. The Balaban J connectivity index is 2.82. The molecule has 0 aliphatic heterocycles. The van der Waals surface area contributed by atoms with Crippen LogP contribution in [-0.4, -0.2) is 6.61 Å². The summed E-state index contributed by atoms with van der Waals surface area (Å²) in [5.41, 5.74) is 7.41. The molecule has 90 valence electrons. The maximum Gasteiger partial charge on any atom is 0.119 e. The van der Waals surface area contributed by atoms with Crippen LogP contribution < -0.4 is 10.5 Å². The molecular weight excluding hydrogens is 198 g/mol. The average molecular weight is 221 g/mol. The van der Waals surface area contributed by atoms with Crippen LogP contribution in [0.3, 0.4) is 0 Å². The van der Waals surface area contributed by atoms with Gasteiger partial charge < -0.3 is 10.5 Å². The van der Waals surface area contributed by atoms with E-state index in [1.807, 2.05) is 25.1 Å². The second kappa shape index (κ2) is 5.90. The molecule has 0 fully saturated rings. The van der Waals surface area contributed by atoms with Crippen LogP contribution >= 0.6 is 0 Å². The van der Waals surface area contributed by atoms with Crippen molar-refractivity contribution in [2.24, 2.45) is 17.6 Å². The normalized spacial score (nSPS) is 14.9. The topological polar surface area (TPSA) is 35.2 Å². The molecule has 1 aromatic rings. The first-order valence-electron chi connectivity index (χ1n) is 6.04. The second-order valence-electron chi connectivity index (χ2n) is 4.63. The van der Waals surface area contributed by atoms with Gasteiger partial charge in [-0.3, -0.25) is 0 Å². The number of benzene rings is 1. The lowest BCUT2D eigenvalue weighted by Crippen LogP contribution is -2.23. The molecule has 2 heteroatoms. The van der Waals surface area contributed by atoms with Crippen molar-refractivity contribution in [1.82, 2.24) is 0 Å². The Morgan fingerprint density at radius 1 is 1.25 bits per heavy atom. The Morgan fingerprint density at radius 3 is 2.50 bits per heavy atom. The first-order valence-corrected chi connectivity index (χ1v) is 6.04. The van der Waals surface area contributed by atoms with E-state index in [9.17, 15) is 0 Å². The highest BCUT2D eigenvalue weighted by molar-refractivity contribution is 5.30. The van der Waals surface area contributed by atoms with E-state index in [1.165, 1.54) is 0 Å². The van der Waals surface area contributed by atoms with Gasteiger partial charge in [0.2, 0.25) is 0 Å². The minimum Gasteiger partial charge on any atom is -0.494 e. The summed E-state index contributed by atoms with van der Waals surface area (Å²) in [5, 5.41) is 0. The quantitative estimate of drug-likeness (QED) is 0.827. The van der Waals surface area contributed by atoms with Crippen molar-refractivity contribution < 1.29 is 4.74 Å².